The van der Waals surface area contributed by atoms with Crippen LogP contribution in [-0.2, 0) is 14.9 Å². The van der Waals surface area contributed by atoms with Crippen molar-refractivity contribution < 1.29 is 22.9 Å². The molecule has 2 atom stereocenters. The fourth-order valence-electron chi connectivity index (χ4n) is 7.27. The normalized spacial score (nSPS) is 13.6. The predicted molar refractivity (Wildman–Crippen MR) is 244 cm³/mol. The van der Waals surface area contributed by atoms with Crippen LogP contribution in [0.2, 0.25) is 0 Å². The molecular weight excluding hydrogens is 715 g/mol. The van der Waals surface area contributed by atoms with E-state index in [-0.39, 0.29) is 5.91 Å². The third kappa shape index (κ3) is 43.4. The molecular formula is C49H91NO5S. The van der Waals surface area contributed by atoms with Gasteiger partial charge in [-0.1, -0.05) is 229 Å². The SMILES string of the molecule is CC/C=C\C/C=C\C/C=C\C/C=C\CCCCCCCCCCCCC(=O)NC(CS(=O)(=O)O)C(O)CCCCCCCCCCCCCCCCCCCC. The fourth-order valence-corrected chi connectivity index (χ4v) is 8.03. The molecule has 0 spiro atoms. The van der Waals surface area contributed by atoms with E-state index in [0.717, 1.165) is 64.2 Å². The van der Waals surface area contributed by atoms with E-state index in [1.54, 1.807) is 0 Å². The van der Waals surface area contributed by atoms with Gasteiger partial charge in [-0.15, -0.1) is 0 Å². The molecule has 0 heterocycles. The molecule has 7 heteroatoms. The lowest BCUT2D eigenvalue weighted by Crippen LogP contribution is -2.47. The maximum Gasteiger partial charge on any atom is 0.266 e. The van der Waals surface area contributed by atoms with Gasteiger partial charge in [0.1, 0.15) is 0 Å². The van der Waals surface area contributed by atoms with Crippen LogP contribution in [0.25, 0.3) is 0 Å². The van der Waals surface area contributed by atoms with Gasteiger partial charge in [0.25, 0.3) is 10.1 Å². The molecule has 0 rings (SSSR count). The maximum atomic E-state index is 12.6. The second kappa shape index (κ2) is 42.9. The molecule has 0 aliphatic carbocycles. The highest BCUT2D eigenvalue weighted by Crippen LogP contribution is 2.17. The van der Waals surface area contributed by atoms with E-state index in [0.29, 0.717) is 12.8 Å². The van der Waals surface area contributed by atoms with E-state index < -0.39 is 28.0 Å². The minimum atomic E-state index is -4.32. The van der Waals surface area contributed by atoms with Crippen LogP contribution in [0.4, 0.5) is 0 Å². The van der Waals surface area contributed by atoms with Crippen molar-refractivity contribution in [3.8, 4) is 0 Å². The highest BCUT2D eigenvalue weighted by atomic mass is 32.2. The van der Waals surface area contributed by atoms with Crippen LogP contribution in [-0.4, -0.2) is 41.9 Å². The standard InChI is InChI=1S/C49H91NO5S/c1-3-5-7-9-11-13-15-17-19-21-23-24-25-26-27-29-31-33-35-37-39-41-43-45-49(52)50-47(46-56(53,54)55)48(51)44-42-40-38-36-34-32-30-28-22-20-18-16-14-12-10-8-6-4-2/h5,7,11,13,17,19,23-24,47-48,51H,3-4,6,8-10,12,14-16,18,20-22,25-46H2,1-2H3,(H,50,52)(H,53,54,55)/b7-5-,13-11-,19-17-,24-23-. The van der Waals surface area contributed by atoms with E-state index in [1.807, 2.05) is 0 Å². The Labute approximate surface area is 348 Å². The highest BCUT2D eigenvalue weighted by molar-refractivity contribution is 7.85. The maximum absolute atomic E-state index is 12.6. The molecule has 0 aromatic carbocycles. The molecule has 56 heavy (non-hydrogen) atoms. The van der Waals surface area contributed by atoms with Gasteiger partial charge >= 0.3 is 0 Å². The zero-order valence-corrected chi connectivity index (χ0v) is 37.6. The third-order valence-electron chi connectivity index (χ3n) is 10.8. The Hall–Kier alpha value is -1.70. The van der Waals surface area contributed by atoms with Gasteiger partial charge in [0.15, 0.2) is 0 Å². The number of carbonyl (C=O) groups excluding carboxylic acids is 1. The van der Waals surface area contributed by atoms with Gasteiger partial charge in [-0.05, 0) is 51.4 Å². The Kier molecular flexibility index (Phi) is 41.6. The molecule has 6 nitrogen and oxygen atoms in total. The number of unbranched alkanes of at least 4 members (excludes halogenated alkanes) is 27. The van der Waals surface area contributed by atoms with E-state index in [2.05, 4.69) is 67.8 Å². The van der Waals surface area contributed by atoms with Gasteiger partial charge in [0.2, 0.25) is 5.91 Å². The summed E-state index contributed by atoms with van der Waals surface area (Å²) in [5.74, 6) is -0.899. The summed E-state index contributed by atoms with van der Waals surface area (Å²) < 4.78 is 32.7. The number of aliphatic hydroxyl groups excluding tert-OH is 1. The molecule has 0 aliphatic rings. The van der Waals surface area contributed by atoms with Crippen molar-refractivity contribution in [2.24, 2.45) is 0 Å². The van der Waals surface area contributed by atoms with Crippen molar-refractivity contribution in [2.75, 3.05) is 5.75 Å². The number of nitrogens with one attached hydrogen (secondary N) is 1. The number of aliphatic hydroxyl groups is 1. The molecule has 0 aromatic heterocycles. The molecule has 328 valence electrons. The average Bonchev–Trinajstić information content (AvgIpc) is 3.16. The van der Waals surface area contributed by atoms with Crippen molar-refractivity contribution in [1.29, 1.82) is 0 Å². The second-order valence-corrected chi connectivity index (χ2v) is 17.9. The smallest absolute Gasteiger partial charge is 0.266 e. The fraction of sp³-hybridized carbons (Fsp3) is 0.816. The number of amides is 1. The van der Waals surface area contributed by atoms with Crippen molar-refractivity contribution in [1.82, 2.24) is 5.32 Å². The van der Waals surface area contributed by atoms with Gasteiger partial charge in [-0.25, -0.2) is 0 Å². The Morgan fingerprint density at radius 2 is 0.857 bits per heavy atom. The number of allylic oxidation sites excluding steroid dienone is 8. The van der Waals surface area contributed by atoms with Crippen molar-refractivity contribution in [3.05, 3.63) is 48.6 Å². The van der Waals surface area contributed by atoms with E-state index in [9.17, 15) is 22.9 Å². The zero-order chi connectivity index (χ0) is 41.1. The van der Waals surface area contributed by atoms with E-state index in [1.165, 1.54) is 148 Å². The number of carbonyl (C=O) groups is 1. The summed E-state index contributed by atoms with van der Waals surface area (Å²) in [4.78, 5) is 12.6. The van der Waals surface area contributed by atoms with Crippen LogP contribution in [0, 0.1) is 0 Å². The lowest BCUT2D eigenvalue weighted by molar-refractivity contribution is -0.122. The highest BCUT2D eigenvalue weighted by Gasteiger charge is 2.26. The van der Waals surface area contributed by atoms with Crippen LogP contribution in [0.15, 0.2) is 48.6 Å². The van der Waals surface area contributed by atoms with Crippen molar-refractivity contribution in [3.63, 3.8) is 0 Å². The summed E-state index contributed by atoms with van der Waals surface area (Å²) in [5.41, 5.74) is 0. The first-order valence-corrected chi connectivity index (χ1v) is 25.4. The Morgan fingerprint density at radius 1 is 0.500 bits per heavy atom. The van der Waals surface area contributed by atoms with Gasteiger partial charge in [-0.3, -0.25) is 9.35 Å². The molecule has 2 unspecified atom stereocenters. The molecule has 0 saturated carbocycles. The van der Waals surface area contributed by atoms with Gasteiger partial charge < -0.3 is 10.4 Å². The summed E-state index contributed by atoms with van der Waals surface area (Å²) in [6.07, 6.45) is 57.8. The summed E-state index contributed by atoms with van der Waals surface area (Å²) in [7, 11) is -4.32. The Morgan fingerprint density at radius 3 is 1.27 bits per heavy atom. The van der Waals surface area contributed by atoms with Gasteiger partial charge in [0, 0.05) is 6.42 Å². The average molecular weight is 806 g/mol. The molecule has 0 bridgehead atoms. The summed E-state index contributed by atoms with van der Waals surface area (Å²) in [5, 5.41) is 13.4. The molecule has 0 aliphatic heterocycles. The van der Waals surface area contributed by atoms with Crippen LogP contribution < -0.4 is 5.32 Å². The Balaban J connectivity index is 3.79. The molecule has 0 radical (unpaired) electrons. The summed E-state index contributed by atoms with van der Waals surface area (Å²) >= 11 is 0. The second-order valence-electron chi connectivity index (χ2n) is 16.4. The predicted octanol–water partition coefficient (Wildman–Crippen LogP) is 14.6. The molecule has 0 saturated heterocycles. The monoisotopic (exact) mass is 806 g/mol. The quantitative estimate of drug-likeness (QED) is 0.0323. The van der Waals surface area contributed by atoms with Crippen LogP contribution in [0.1, 0.15) is 239 Å². The van der Waals surface area contributed by atoms with Crippen LogP contribution >= 0.6 is 0 Å². The number of hydrogen-bond donors (Lipinski definition) is 3. The first-order valence-electron chi connectivity index (χ1n) is 23.8. The lowest BCUT2D eigenvalue weighted by Gasteiger charge is -2.23. The topological polar surface area (TPSA) is 104 Å². The minimum absolute atomic E-state index is 0.249. The number of hydrogen-bond acceptors (Lipinski definition) is 4. The molecule has 0 fully saturated rings. The van der Waals surface area contributed by atoms with E-state index >= 15 is 0 Å². The summed E-state index contributed by atoms with van der Waals surface area (Å²) in [6.45, 7) is 4.43. The van der Waals surface area contributed by atoms with Crippen molar-refractivity contribution in [2.45, 2.75) is 251 Å². The van der Waals surface area contributed by atoms with Crippen LogP contribution in [0.3, 0.4) is 0 Å². The first-order chi connectivity index (χ1) is 27.3. The Bertz CT molecular complexity index is 1070. The zero-order valence-electron chi connectivity index (χ0n) is 36.8. The third-order valence-corrected chi connectivity index (χ3v) is 11.6. The molecule has 0 aromatic rings. The molecule has 3 N–H and O–H groups in total. The minimum Gasteiger partial charge on any atom is -0.391 e. The largest absolute Gasteiger partial charge is 0.391 e. The first kappa shape index (κ1) is 54.3. The lowest BCUT2D eigenvalue weighted by atomic mass is 10.0. The van der Waals surface area contributed by atoms with Gasteiger partial charge in [-0.2, -0.15) is 8.42 Å². The van der Waals surface area contributed by atoms with Crippen LogP contribution in [0.5, 0.6) is 0 Å². The van der Waals surface area contributed by atoms with Gasteiger partial charge in [0.05, 0.1) is 17.9 Å². The van der Waals surface area contributed by atoms with Crippen molar-refractivity contribution >= 4 is 16.0 Å². The molecule has 1 amide bonds. The van der Waals surface area contributed by atoms with E-state index in [4.69, 9.17) is 0 Å². The summed E-state index contributed by atoms with van der Waals surface area (Å²) in [6, 6.07) is -0.975. The number of rotatable bonds is 43.